The van der Waals surface area contributed by atoms with Crippen LogP contribution in [0.5, 0.6) is 0 Å². The monoisotopic (exact) mass is 261 g/mol. The van der Waals surface area contributed by atoms with Gasteiger partial charge in [-0.15, -0.1) is 0 Å². The van der Waals surface area contributed by atoms with E-state index in [-0.39, 0.29) is 12.1 Å². The molecule has 1 aromatic rings. The summed E-state index contributed by atoms with van der Waals surface area (Å²) in [5.41, 5.74) is 2.69. The summed E-state index contributed by atoms with van der Waals surface area (Å²) >= 11 is 0. The summed E-state index contributed by atoms with van der Waals surface area (Å²) in [6, 6.07) is 9.39. The number of hydrogen-bond acceptors (Lipinski definition) is 2. The SMILES string of the molecule is CCc1ccc(C(C)NC2CCCCCC2O)cc1. The molecule has 0 saturated heterocycles. The summed E-state index contributed by atoms with van der Waals surface area (Å²) < 4.78 is 0. The van der Waals surface area contributed by atoms with Gasteiger partial charge in [-0.1, -0.05) is 50.5 Å². The Morgan fingerprint density at radius 2 is 1.84 bits per heavy atom. The number of aryl methyl sites for hydroxylation is 1. The molecule has 0 heterocycles. The highest BCUT2D eigenvalue weighted by Gasteiger charge is 2.23. The number of nitrogens with one attached hydrogen (secondary N) is 1. The van der Waals surface area contributed by atoms with Crippen LogP contribution < -0.4 is 5.32 Å². The molecule has 0 amide bonds. The molecule has 1 fully saturated rings. The zero-order valence-electron chi connectivity index (χ0n) is 12.2. The van der Waals surface area contributed by atoms with Crippen LogP contribution >= 0.6 is 0 Å². The second kappa shape index (κ2) is 7.06. The van der Waals surface area contributed by atoms with Crippen molar-refractivity contribution in [2.75, 3.05) is 0 Å². The molecule has 2 N–H and O–H groups in total. The third kappa shape index (κ3) is 4.05. The molecule has 1 aromatic carbocycles. The van der Waals surface area contributed by atoms with Crippen LogP contribution in [-0.2, 0) is 6.42 Å². The number of rotatable bonds is 4. The van der Waals surface area contributed by atoms with E-state index in [1.54, 1.807) is 0 Å². The predicted octanol–water partition coefficient (Wildman–Crippen LogP) is 3.59. The first-order valence-corrected chi connectivity index (χ1v) is 7.73. The van der Waals surface area contributed by atoms with Crippen LogP contribution in [0.15, 0.2) is 24.3 Å². The van der Waals surface area contributed by atoms with E-state index in [0.717, 1.165) is 19.3 Å². The first-order valence-electron chi connectivity index (χ1n) is 7.73. The van der Waals surface area contributed by atoms with Crippen molar-refractivity contribution in [2.45, 2.75) is 70.6 Å². The second-order valence-corrected chi connectivity index (χ2v) is 5.80. The Morgan fingerprint density at radius 3 is 2.53 bits per heavy atom. The Hall–Kier alpha value is -0.860. The minimum Gasteiger partial charge on any atom is -0.392 e. The van der Waals surface area contributed by atoms with Crippen molar-refractivity contribution in [3.63, 3.8) is 0 Å². The fourth-order valence-electron chi connectivity index (χ4n) is 2.94. The Morgan fingerprint density at radius 1 is 1.16 bits per heavy atom. The quantitative estimate of drug-likeness (QED) is 0.812. The largest absolute Gasteiger partial charge is 0.392 e. The average molecular weight is 261 g/mol. The minimum atomic E-state index is -0.181. The van der Waals surface area contributed by atoms with Crippen molar-refractivity contribution in [1.29, 1.82) is 0 Å². The van der Waals surface area contributed by atoms with E-state index >= 15 is 0 Å². The molecule has 0 bridgehead atoms. The van der Waals surface area contributed by atoms with Crippen molar-refractivity contribution < 1.29 is 5.11 Å². The molecule has 3 unspecified atom stereocenters. The maximum absolute atomic E-state index is 10.2. The Kier molecular flexibility index (Phi) is 5.41. The van der Waals surface area contributed by atoms with E-state index in [0.29, 0.717) is 6.04 Å². The number of aliphatic hydroxyl groups is 1. The van der Waals surface area contributed by atoms with Crippen LogP contribution in [0.4, 0.5) is 0 Å². The average Bonchev–Trinajstić information content (AvgIpc) is 2.64. The lowest BCUT2D eigenvalue weighted by Gasteiger charge is -2.26. The van der Waals surface area contributed by atoms with Gasteiger partial charge in [0.2, 0.25) is 0 Å². The van der Waals surface area contributed by atoms with Crippen LogP contribution in [0.2, 0.25) is 0 Å². The highest BCUT2D eigenvalue weighted by atomic mass is 16.3. The third-order valence-electron chi connectivity index (χ3n) is 4.33. The number of aliphatic hydroxyl groups excluding tert-OH is 1. The van der Waals surface area contributed by atoms with Gasteiger partial charge in [-0.2, -0.15) is 0 Å². The summed E-state index contributed by atoms with van der Waals surface area (Å²) in [5.74, 6) is 0. The fourth-order valence-corrected chi connectivity index (χ4v) is 2.94. The molecule has 1 aliphatic rings. The van der Waals surface area contributed by atoms with E-state index in [2.05, 4.69) is 43.4 Å². The van der Waals surface area contributed by atoms with Crippen molar-refractivity contribution in [2.24, 2.45) is 0 Å². The van der Waals surface area contributed by atoms with E-state index in [9.17, 15) is 5.11 Å². The highest BCUT2D eigenvalue weighted by molar-refractivity contribution is 5.24. The predicted molar refractivity (Wildman–Crippen MR) is 80.3 cm³/mol. The molecule has 1 saturated carbocycles. The normalized spacial score (nSPS) is 25.8. The first-order chi connectivity index (χ1) is 9.20. The van der Waals surface area contributed by atoms with Gasteiger partial charge in [0.05, 0.1) is 6.10 Å². The molecule has 2 nitrogen and oxygen atoms in total. The molecule has 1 aliphatic carbocycles. The zero-order valence-corrected chi connectivity index (χ0v) is 12.2. The standard InChI is InChI=1S/C17H27NO/c1-3-14-9-11-15(12-10-14)13(2)18-16-7-5-4-6-8-17(16)19/h9-13,16-19H,3-8H2,1-2H3. The van der Waals surface area contributed by atoms with Gasteiger partial charge < -0.3 is 10.4 Å². The molecule has 0 spiro atoms. The Labute approximate surface area is 117 Å². The molecule has 106 valence electrons. The molecule has 0 aromatic heterocycles. The van der Waals surface area contributed by atoms with E-state index in [1.807, 2.05) is 0 Å². The summed E-state index contributed by atoms with van der Waals surface area (Å²) in [4.78, 5) is 0. The molecular weight excluding hydrogens is 234 g/mol. The van der Waals surface area contributed by atoms with Gasteiger partial charge in [-0.3, -0.25) is 0 Å². The van der Waals surface area contributed by atoms with E-state index in [1.165, 1.54) is 30.4 Å². The molecular formula is C17H27NO. The van der Waals surface area contributed by atoms with Crippen molar-refractivity contribution in [3.05, 3.63) is 35.4 Å². The molecule has 2 rings (SSSR count). The van der Waals surface area contributed by atoms with Crippen molar-refractivity contribution in [3.8, 4) is 0 Å². The van der Waals surface area contributed by atoms with Gasteiger partial charge in [-0.05, 0) is 37.3 Å². The lowest BCUT2D eigenvalue weighted by molar-refractivity contribution is 0.115. The van der Waals surface area contributed by atoms with Crippen molar-refractivity contribution in [1.82, 2.24) is 5.32 Å². The molecule has 0 radical (unpaired) electrons. The second-order valence-electron chi connectivity index (χ2n) is 5.80. The van der Waals surface area contributed by atoms with Gasteiger partial charge in [-0.25, -0.2) is 0 Å². The van der Waals surface area contributed by atoms with Gasteiger partial charge in [0.15, 0.2) is 0 Å². The zero-order chi connectivity index (χ0) is 13.7. The molecule has 3 atom stereocenters. The third-order valence-corrected chi connectivity index (χ3v) is 4.33. The van der Waals surface area contributed by atoms with Crippen LogP contribution in [0, 0.1) is 0 Å². The van der Waals surface area contributed by atoms with Crippen LogP contribution in [0.3, 0.4) is 0 Å². The highest BCUT2D eigenvalue weighted by Crippen LogP contribution is 2.22. The molecule has 0 aliphatic heterocycles. The Balaban J connectivity index is 1.96. The summed E-state index contributed by atoms with van der Waals surface area (Å²) in [7, 11) is 0. The number of benzene rings is 1. The maximum Gasteiger partial charge on any atom is 0.0693 e. The minimum absolute atomic E-state index is 0.181. The topological polar surface area (TPSA) is 32.3 Å². The van der Waals surface area contributed by atoms with Gasteiger partial charge in [0, 0.05) is 12.1 Å². The smallest absolute Gasteiger partial charge is 0.0693 e. The first kappa shape index (κ1) is 14.5. The lowest BCUT2D eigenvalue weighted by Crippen LogP contribution is -2.40. The molecule has 2 heteroatoms. The maximum atomic E-state index is 10.2. The number of hydrogen-bond donors (Lipinski definition) is 2. The van der Waals surface area contributed by atoms with Gasteiger partial charge in [0.25, 0.3) is 0 Å². The summed E-state index contributed by atoms with van der Waals surface area (Å²) in [6.45, 7) is 4.37. The summed E-state index contributed by atoms with van der Waals surface area (Å²) in [5, 5.41) is 13.8. The van der Waals surface area contributed by atoms with Gasteiger partial charge >= 0.3 is 0 Å². The van der Waals surface area contributed by atoms with Crippen LogP contribution in [-0.4, -0.2) is 17.3 Å². The van der Waals surface area contributed by atoms with Crippen LogP contribution in [0.25, 0.3) is 0 Å². The van der Waals surface area contributed by atoms with Gasteiger partial charge in [0.1, 0.15) is 0 Å². The summed E-state index contributed by atoms with van der Waals surface area (Å²) in [6.07, 6.45) is 6.60. The van der Waals surface area contributed by atoms with Crippen molar-refractivity contribution >= 4 is 0 Å². The fraction of sp³-hybridized carbons (Fsp3) is 0.647. The molecule has 19 heavy (non-hydrogen) atoms. The van der Waals surface area contributed by atoms with Crippen LogP contribution in [0.1, 0.15) is 63.1 Å². The lowest BCUT2D eigenvalue weighted by atomic mass is 10.0. The van der Waals surface area contributed by atoms with E-state index in [4.69, 9.17) is 0 Å². The Bertz CT molecular complexity index is 373. The van der Waals surface area contributed by atoms with E-state index < -0.39 is 0 Å².